The zero-order chi connectivity index (χ0) is 76.9. The second-order valence-corrected chi connectivity index (χ2v) is 27.4. The van der Waals surface area contributed by atoms with Crippen molar-refractivity contribution < 1.29 is 83.3 Å². The normalized spacial score (nSPS) is 15.9. The van der Waals surface area contributed by atoms with Gasteiger partial charge in [-0.25, -0.2) is 24.5 Å². The second-order valence-electron chi connectivity index (χ2n) is 26.9. The highest BCUT2D eigenvalue weighted by Gasteiger charge is 2.50. The number of nitrogens with zero attached hydrogens (tertiary/aromatic N) is 6. The number of amides is 5. The summed E-state index contributed by atoms with van der Waals surface area (Å²) in [5.41, 5.74) is 16.1. The van der Waals surface area contributed by atoms with Crippen molar-refractivity contribution >= 4 is 122 Å². The van der Waals surface area contributed by atoms with E-state index >= 15 is 0 Å². The summed E-state index contributed by atoms with van der Waals surface area (Å²) in [5, 5.41) is 55.6. The van der Waals surface area contributed by atoms with Crippen LogP contribution in [0.2, 0.25) is 0 Å². The summed E-state index contributed by atoms with van der Waals surface area (Å²) in [7, 11) is 0. The van der Waals surface area contributed by atoms with E-state index in [2.05, 4.69) is 73.8 Å². The average Bonchev–Trinajstić information content (AvgIpc) is 1.54. The maximum Gasteiger partial charge on any atom is 0.341 e. The SMILES string of the molecule is C.C.CC(=O)Cl.CC(=O)OCC(=O)Nc1cc2c(cn1)Cc1c(C)c3n(c(=O)c1N2)C1(CCCCC1)NC3=O.CC(=O)OCC(=O)O.Cc1c2c(c(=O)n3c1C(=O)NC31CCCCC1)Nc1cc(N)ncc1C2.Cc1c2c(c(=O)n3c1C(=O)NC31CCCCC1)Nc1cc(NC(=O)CO)ncc1C2.N.O.O=C(O)CO. The molecule has 6 aromatic rings. The standard InChI is InChI=1S/C23H25N5O5.C21H23N5O4.C19H21N5O2.C4H6O4.C2H3ClO.C2H4O3.2CH4.H3N.H2O/c1-12-15-8-14-10-24-17(26-18(30)11-33-13(2)29)9-16(14)25-19(15)22(32)28-20(12)21(31)27-23(28)6-4-3-5-7-23;1-11-13-7-12-9-22-15(24-16(28)10-27)8-14(12)23-17(13)20(30)26-18(11)19(29)25-21(26)5-3-2-4-6-21;1-10-12-7-11-9-21-14(20)8-13(11)22-15(12)18(26)24-16(10)17(25)23-19(24)5-3-2-4-6-19;1-3(5)8-2-4(6)7;1-2(3)4;3-1-2(4)5;;;;/h9-10,25H,3-8,11H2,1-2H3,(H,27,31)(H,24,26,30);8-9,23,27H,2-7,10H2,1H3,(H,25,29)(H,22,24,28);8-9,22H,2-7H2,1H3,(H2,20,21)(H,23,25);2H2,1H3,(H,6,7);1H3;3H,1H2,(H,4,5);2*1H4;1H3;1H2. The van der Waals surface area contributed by atoms with E-state index in [0.29, 0.717) is 76.4 Å². The Bertz CT molecular complexity index is 4800. The lowest BCUT2D eigenvalue weighted by Crippen LogP contribution is -2.49. The summed E-state index contributed by atoms with van der Waals surface area (Å²) in [5.74, 6) is -4.04. The fraction of sp³-hybridized carbons (Fsp3) is 0.452. The van der Waals surface area contributed by atoms with Gasteiger partial charge in [0.1, 0.15) is 81.8 Å². The van der Waals surface area contributed by atoms with Crippen LogP contribution in [0.25, 0.3) is 0 Å². The third-order valence-corrected chi connectivity index (χ3v) is 19.7. The smallest absolute Gasteiger partial charge is 0.341 e. The van der Waals surface area contributed by atoms with Gasteiger partial charge in [0, 0.05) is 93.9 Å². The molecule has 0 unspecified atom stereocenters. The van der Waals surface area contributed by atoms with E-state index in [1.165, 1.54) is 13.8 Å². The molecule has 3 fully saturated rings. The first-order valence-corrected chi connectivity index (χ1v) is 34.8. The van der Waals surface area contributed by atoms with Crippen LogP contribution < -0.4 is 71.1 Å². The number of rotatable bonds is 8. The molecule has 37 heteroatoms. The van der Waals surface area contributed by atoms with Gasteiger partial charge < -0.3 is 89.8 Å². The number of anilines is 9. The van der Waals surface area contributed by atoms with E-state index < -0.39 is 79.1 Å². The van der Waals surface area contributed by atoms with Crippen molar-refractivity contribution in [2.75, 3.05) is 58.7 Å². The number of halogens is 1. The molecule has 594 valence electrons. The number of hydrogen-bond acceptors (Lipinski definition) is 25. The van der Waals surface area contributed by atoms with Gasteiger partial charge in [0.15, 0.2) is 13.2 Å². The minimum Gasteiger partial charge on any atom is -0.480 e. The van der Waals surface area contributed by atoms with Crippen LogP contribution in [0, 0.1) is 20.8 Å². The van der Waals surface area contributed by atoms with Crippen LogP contribution in [0.15, 0.2) is 51.2 Å². The summed E-state index contributed by atoms with van der Waals surface area (Å²) < 4.78 is 13.8. The van der Waals surface area contributed by atoms with Gasteiger partial charge in [-0.05, 0) is 159 Å². The molecule has 15 rings (SSSR count). The zero-order valence-electron chi connectivity index (χ0n) is 60.3. The number of aliphatic hydroxyl groups is 2. The number of nitrogens with one attached hydrogen (secondary N) is 8. The Balaban J connectivity index is 0.000000230. The van der Waals surface area contributed by atoms with Gasteiger partial charge in [0.2, 0.25) is 5.24 Å². The van der Waals surface area contributed by atoms with Crippen molar-refractivity contribution in [2.45, 2.75) is 189 Å². The maximum atomic E-state index is 13.7. The van der Waals surface area contributed by atoms with Crippen molar-refractivity contribution in [3.63, 3.8) is 0 Å². The molecular weight excluding hydrogens is 1460 g/mol. The van der Waals surface area contributed by atoms with Gasteiger partial charge in [-0.3, -0.25) is 66.4 Å². The van der Waals surface area contributed by atoms with Crippen LogP contribution >= 0.6 is 11.6 Å². The number of nitrogen functional groups attached to an aromatic ring is 1. The molecule has 3 spiro atoms. The minimum absolute atomic E-state index is 0. The highest BCUT2D eigenvalue weighted by atomic mass is 35.5. The molecule has 0 aromatic carbocycles. The Labute approximate surface area is 636 Å². The monoisotopic (exact) mass is 1550 g/mol. The van der Waals surface area contributed by atoms with Crippen LogP contribution in [0.4, 0.5) is 51.6 Å². The van der Waals surface area contributed by atoms with E-state index in [-0.39, 0.29) is 71.9 Å². The molecule has 6 aliphatic heterocycles. The van der Waals surface area contributed by atoms with Gasteiger partial charge in [-0.2, -0.15) is 0 Å². The summed E-state index contributed by atoms with van der Waals surface area (Å²) >= 11 is 4.64. The number of esters is 2. The zero-order valence-corrected chi connectivity index (χ0v) is 61.0. The number of nitrogens with two attached hydrogens (primary N) is 1. The van der Waals surface area contributed by atoms with Gasteiger partial charge in [0.05, 0.1) is 0 Å². The van der Waals surface area contributed by atoms with Crippen molar-refractivity contribution in [1.82, 2.24) is 50.8 Å². The number of carboxylic acids is 2. The molecular formula is C73H95ClN16O20. The molecule has 0 radical (unpaired) electrons. The molecule has 12 heterocycles. The summed E-state index contributed by atoms with van der Waals surface area (Å²) in [6.45, 7) is 7.02. The van der Waals surface area contributed by atoms with Gasteiger partial charge in [0.25, 0.3) is 46.2 Å². The van der Waals surface area contributed by atoms with Crippen molar-refractivity contribution in [3.8, 4) is 0 Å². The van der Waals surface area contributed by atoms with E-state index in [0.717, 1.165) is 159 Å². The van der Waals surface area contributed by atoms with Crippen molar-refractivity contribution in [2.24, 2.45) is 0 Å². The number of fused-ring (bicyclic) bond motifs is 12. The number of carboxylic acid groups (broad SMARTS) is 2. The Morgan fingerprint density at radius 1 is 0.500 bits per heavy atom. The molecule has 110 heavy (non-hydrogen) atoms. The van der Waals surface area contributed by atoms with E-state index in [4.69, 9.17) is 35.7 Å². The van der Waals surface area contributed by atoms with Crippen LogP contribution in [-0.4, -0.2) is 140 Å². The van der Waals surface area contributed by atoms with Crippen molar-refractivity contribution in [3.05, 3.63) is 135 Å². The second kappa shape index (κ2) is 36.2. The number of aliphatic hydroxyl groups excluding tert-OH is 2. The fourth-order valence-electron chi connectivity index (χ4n) is 15.1. The number of hydrogen-bond donors (Lipinski definition) is 14. The lowest BCUT2D eigenvalue weighted by atomic mass is 9.88. The summed E-state index contributed by atoms with van der Waals surface area (Å²) in [6.07, 6.45) is 20.3. The summed E-state index contributed by atoms with van der Waals surface area (Å²) in [6, 6.07) is 5.05. The predicted octanol–water partition coefficient (Wildman–Crippen LogP) is 5.77. The maximum absolute atomic E-state index is 13.7. The number of pyridine rings is 6. The number of aromatic nitrogens is 6. The van der Waals surface area contributed by atoms with Crippen LogP contribution in [0.3, 0.4) is 0 Å². The van der Waals surface area contributed by atoms with Crippen LogP contribution in [0.5, 0.6) is 0 Å². The fourth-order valence-corrected chi connectivity index (χ4v) is 15.1. The molecule has 0 saturated heterocycles. The first-order chi connectivity index (χ1) is 50.3. The minimum atomic E-state index is -1.19. The molecule has 0 bridgehead atoms. The third kappa shape index (κ3) is 18.1. The van der Waals surface area contributed by atoms with Gasteiger partial charge in [-0.15, -0.1) is 0 Å². The van der Waals surface area contributed by atoms with Crippen molar-refractivity contribution in [1.29, 1.82) is 0 Å². The quantitative estimate of drug-likeness (QED) is 0.0634. The number of carbonyl (C=O) groups is 10. The highest BCUT2D eigenvalue weighted by molar-refractivity contribution is 6.62. The number of carbonyl (C=O) groups excluding carboxylic acids is 8. The number of aliphatic carboxylic acids is 2. The van der Waals surface area contributed by atoms with E-state index in [1.807, 2.05) is 20.8 Å². The topological polar surface area (TPSA) is 564 Å². The Morgan fingerprint density at radius 3 is 1.09 bits per heavy atom. The van der Waals surface area contributed by atoms with Gasteiger partial charge in [-0.1, -0.05) is 34.1 Å². The van der Waals surface area contributed by atoms with Crippen LogP contribution in [-0.2, 0) is 79.3 Å². The largest absolute Gasteiger partial charge is 0.480 e. The Kier molecular flexibility index (Phi) is 28.7. The Morgan fingerprint density at radius 2 is 0.800 bits per heavy atom. The lowest BCUT2D eigenvalue weighted by Gasteiger charge is -2.36. The van der Waals surface area contributed by atoms with Crippen LogP contribution in [0.1, 0.15) is 213 Å². The first kappa shape index (κ1) is 87.4. The molecule has 3 saturated carbocycles. The Hall–Kier alpha value is -11.5. The first-order valence-electron chi connectivity index (χ1n) is 34.4. The van der Waals surface area contributed by atoms with E-state index in [9.17, 15) is 57.5 Å². The molecule has 0 atom stereocenters. The molecule has 3 aliphatic carbocycles. The molecule has 6 aromatic heterocycles. The molecule has 5 amide bonds. The molecule has 36 nitrogen and oxygen atoms in total. The lowest BCUT2D eigenvalue weighted by molar-refractivity contribution is -0.153. The predicted molar refractivity (Wildman–Crippen MR) is 406 cm³/mol. The third-order valence-electron chi connectivity index (χ3n) is 19.7. The summed E-state index contributed by atoms with van der Waals surface area (Å²) in [4.78, 5) is 164. The highest BCUT2D eigenvalue weighted by Crippen LogP contribution is 2.45. The molecule has 9 aliphatic rings. The van der Waals surface area contributed by atoms with E-state index in [1.54, 1.807) is 50.5 Å². The van der Waals surface area contributed by atoms with Gasteiger partial charge >= 0.3 is 23.9 Å². The average molecular weight is 1550 g/mol. The number of ether oxygens (including phenoxy) is 2. The molecule has 19 N–H and O–H groups in total.